The first-order valence-electron chi connectivity index (χ1n) is 6.11. The summed E-state index contributed by atoms with van der Waals surface area (Å²) >= 11 is 0. The summed E-state index contributed by atoms with van der Waals surface area (Å²) in [6.45, 7) is 8.40. The van der Waals surface area contributed by atoms with E-state index in [1.807, 2.05) is 4.90 Å². The van der Waals surface area contributed by atoms with Gasteiger partial charge in [-0.1, -0.05) is 20.8 Å². The zero-order valence-corrected chi connectivity index (χ0v) is 10.8. The summed E-state index contributed by atoms with van der Waals surface area (Å²) in [4.78, 5) is 17.0. The van der Waals surface area contributed by atoms with Gasteiger partial charge in [0.25, 0.3) is 5.91 Å². The van der Waals surface area contributed by atoms with Gasteiger partial charge in [0.2, 0.25) is 0 Å². The highest BCUT2D eigenvalue weighted by Crippen LogP contribution is 2.34. The van der Waals surface area contributed by atoms with Crippen LogP contribution in [-0.4, -0.2) is 28.9 Å². The fourth-order valence-corrected chi connectivity index (χ4v) is 2.36. The van der Waals surface area contributed by atoms with Gasteiger partial charge < -0.3 is 15.6 Å². The van der Waals surface area contributed by atoms with Crippen molar-refractivity contribution in [1.82, 2.24) is 9.88 Å². The predicted molar refractivity (Wildman–Crippen MR) is 68.7 cm³/mol. The van der Waals surface area contributed by atoms with Crippen LogP contribution in [0, 0.1) is 11.3 Å². The Morgan fingerprint density at radius 3 is 2.71 bits per heavy atom. The molecule has 2 rings (SSSR count). The molecule has 3 N–H and O–H groups in total. The first kappa shape index (κ1) is 12.0. The SMILES string of the molecule is CC(C)(C)C1CCN(C(=O)c2cc(N)c[nH]2)C1. The van der Waals surface area contributed by atoms with Crippen molar-refractivity contribution >= 4 is 11.6 Å². The van der Waals surface area contributed by atoms with E-state index in [0.29, 0.717) is 17.3 Å². The molecule has 0 aliphatic carbocycles. The van der Waals surface area contributed by atoms with Crippen LogP contribution in [0.1, 0.15) is 37.7 Å². The molecular weight excluding hydrogens is 214 g/mol. The number of aromatic amines is 1. The number of nitrogens with one attached hydrogen (secondary N) is 1. The van der Waals surface area contributed by atoms with Crippen molar-refractivity contribution < 1.29 is 4.79 Å². The fraction of sp³-hybridized carbons (Fsp3) is 0.615. The van der Waals surface area contributed by atoms with Gasteiger partial charge in [-0.2, -0.15) is 0 Å². The molecule has 0 aromatic carbocycles. The summed E-state index contributed by atoms with van der Waals surface area (Å²) in [5, 5.41) is 0. The average Bonchev–Trinajstić information content (AvgIpc) is 2.83. The molecule has 0 bridgehead atoms. The van der Waals surface area contributed by atoms with E-state index in [1.165, 1.54) is 0 Å². The zero-order valence-electron chi connectivity index (χ0n) is 10.8. The maximum atomic E-state index is 12.2. The number of aromatic nitrogens is 1. The van der Waals surface area contributed by atoms with Gasteiger partial charge in [0.1, 0.15) is 5.69 Å². The van der Waals surface area contributed by atoms with Gasteiger partial charge in [0.15, 0.2) is 0 Å². The number of rotatable bonds is 1. The van der Waals surface area contributed by atoms with E-state index < -0.39 is 0 Å². The number of nitrogens with two attached hydrogens (primary N) is 1. The van der Waals surface area contributed by atoms with Gasteiger partial charge in [-0.25, -0.2) is 0 Å². The molecule has 0 spiro atoms. The largest absolute Gasteiger partial charge is 0.397 e. The fourth-order valence-electron chi connectivity index (χ4n) is 2.36. The van der Waals surface area contributed by atoms with Crippen molar-refractivity contribution in [3.63, 3.8) is 0 Å². The quantitative estimate of drug-likeness (QED) is 0.783. The van der Waals surface area contributed by atoms with Crippen LogP contribution in [0.5, 0.6) is 0 Å². The van der Waals surface area contributed by atoms with Crippen LogP contribution < -0.4 is 5.73 Å². The van der Waals surface area contributed by atoms with Crippen molar-refractivity contribution in [3.8, 4) is 0 Å². The number of carbonyl (C=O) groups is 1. The molecule has 17 heavy (non-hydrogen) atoms. The Kier molecular flexibility index (Phi) is 2.89. The highest BCUT2D eigenvalue weighted by atomic mass is 16.2. The van der Waals surface area contributed by atoms with Gasteiger partial charge in [0.05, 0.1) is 0 Å². The van der Waals surface area contributed by atoms with E-state index in [1.54, 1.807) is 12.3 Å². The summed E-state index contributed by atoms with van der Waals surface area (Å²) in [7, 11) is 0. The predicted octanol–water partition coefficient (Wildman–Crippen LogP) is 2.11. The smallest absolute Gasteiger partial charge is 0.270 e. The van der Waals surface area contributed by atoms with Gasteiger partial charge >= 0.3 is 0 Å². The Labute approximate surface area is 102 Å². The summed E-state index contributed by atoms with van der Waals surface area (Å²) < 4.78 is 0. The molecule has 1 unspecified atom stereocenters. The molecule has 4 nitrogen and oxygen atoms in total. The lowest BCUT2D eigenvalue weighted by Gasteiger charge is -2.26. The van der Waals surface area contributed by atoms with E-state index in [0.717, 1.165) is 19.5 Å². The number of nitrogen functional groups attached to an aromatic ring is 1. The maximum Gasteiger partial charge on any atom is 0.270 e. The second-order valence-corrected chi connectivity index (χ2v) is 5.95. The van der Waals surface area contributed by atoms with E-state index in [9.17, 15) is 4.79 Å². The van der Waals surface area contributed by atoms with Crippen molar-refractivity contribution in [2.75, 3.05) is 18.8 Å². The number of hydrogen-bond donors (Lipinski definition) is 2. The molecule has 1 aliphatic heterocycles. The van der Waals surface area contributed by atoms with E-state index in [-0.39, 0.29) is 11.3 Å². The molecule has 4 heteroatoms. The van der Waals surface area contributed by atoms with Crippen LogP contribution in [-0.2, 0) is 0 Å². The van der Waals surface area contributed by atoms with Gasteiger partial charge in [-0.15, -0.1) is 0 Å². The second-order valence-electron chi connectivity index (χ2n) is 5.95. The molecule has 0 saturated carbocycles. The van der Waals surface area contributed by atoms with Crippen LogP contribution in [0.25, 0.3) is 0 Å². The lowest BCUT2D eigenvalue weighted by molar-refractivity contribution is 0.0771. The van der Waals surface area contributed by atoms with Crippen molar-refractivity contribution in [2.45, 2.75) is 27.2 Å². The first-order valence-corrected chi connectivity index (χ1v) is 6.11. The molecule has 94 valence electrons. The Balaban J connectivity index is 2.04. The van der Waals surface area contributed by atoms with Crippen molar-refractivity contribution in [2.24, 2.45) is 11.3 Å². The summed E-state index contributed by atoms with van der Waals surface area (Å²) in [6.07, 6.45) is 2.75. The standard InChI is InChI=1S/C13H21N3O/c1-13(2,3)9-4-5-16(8-9)12(17)11-6-10(14)7-15-11/h6-7,9,15H,4-5,8,14H2,1-3H3. The molecule has 1 amide bonds. The van der Waals surface area contributed by atoms with E-state index in [2.05, 4.69) is 25.8 Å². The molecular formula is C13H21N3O. The third kappa shape index (κ3) is 2.46. The van der Waals surface area contributed by atoms with Gasteiger partial charge in [-0.05, 0) is 23.8 Å². The lowest BCUT2D eigenvalue weighted by Crippen LogP contribution is -2.31. The molecule has 1 aromatic rings. The topological polar surface area (TPSA) is 62.1 Å². The van der Waals surface area contributed by atoms with Crippen LogP contribution >= 0.6 is 0 Å². The summed E-state index contributed by atoms with van der Waals surface area (Å²) in [6, 6.07) is 1.70. The highest BCUT2D eigenvalue weighted by Gasteiger charge is 2.34. The number of anilines is 1. The highest BCUT2D eigenvalue weighted by molar-refractivity contribution is 5.93. The second kappa shape index (κ2) is 4.09. The van der Waals surface area contributed by atoms with E-state index in [4.69, 9.17) is 5.73 Å². The Morgan fingerprint density at radius 2 is 2.24 bits per heavy atom. The third-order valence-corrected chi connectivity index (χ3v) is 3.64. The molecule has 1 atom stereocenters. The minimum Gasteiger partial charge on any atom is -0.397 e. The number of likely N-dealkylation sites (tertiary alicyclic amines) is 1. The maximum absolute atomic E-state index is 12.2. The molecule has 2 heterocycles. The number of amides is 1. The van der Waals surface area contributed by atoms with Crippen LogP contribution in [0.4, 0.5) is 5.69 Å². The van der Waals surface area contributed by atoms with Crippen molar-refractivity contribution in [3.05, 3.63) is 18.0 Å². The molecule has 0 radical (unpaired) electrons. The average molecular weight is 235 g/mol. The number of nitrogens with zero attached hydrogens (tertiary/aromatic N) is 1. The van der Waals surface area contributed by atoms with Crippen LogP contribution in [0.15, 0.2) is 12.3 Å². The third-order valence-electron chi connectivity index (χ3n) is 3.64. The number of hydrogen-bond acceptors (Lipinski definition) is 2. The minimum absolute atomic E-state index is 0.0634. The van der Waals surface area contributed by atoms with E-state index >= 15 is 0 Å². The molecule has 1 aromatic heterocycles. The van der Waals surface area contributed by atoms with Gasteiger partial charge in [0, 0.05) is 25.0 Å². The van der Waals surface area contributed by atoms with Crippen LogP contribution in [0.2, 0.25) is 0 Å². The Morgan fingerprint density at radius 1 is 1.53 bits per heavy atom. The summed E-state index contributed by atoms with van der Waals surface area (Å²) in [5.41, 5.74) is 7.08. The minimum atomic E-state index is 0.0634. The molecule has 1 fully saturated rings. The first-order chi connectivity index (χ1) is 7.88. The number of carbonyl (C=O) groups excluding carboxylic acids is 1. The Bertz CT molecular complexity index is 417. The molecule has 1 saturated heterocycles. The van der Waals surface area contributed by atoms with Crippen LogP contribution in [0.3, 0.4) is 0 Å². The Hall–Kier alpha value is -1.45. The lowest BCUT2D eigenvalue weighted by atomic mass is 9.80. The zero-order chi connectivity index (χ0) is 12.6. The van der Waals surface area contributed by atoms with Crippen molar-refractivity contribution in [1.29, 1.82) is 0 Å². The van der Waals surface area contributed by atoms with Gasteiger partial charge in [-0.3, -0.25) is 4.79 Å². The molecule has 1 aliphatic rings. The number of H-pyrrole nitrogens is 1. The normalized spacial score (nSPS) is 20.9. The monoisotopic (exact) mass is 235 g/mol. The summed E-state index contributed by atoms with van der Waals surface area (Å²) in [5.74, 6) is 0.646.